The fraction of sp³-hybridized carbons (Fsp3) is 0.333. The monoisotopic (exact) mass is 323 g/mol. The summed E-state index contributed by atoms with van der Waals surface area (Å²) < 4.78 is 25.3. The molecule has 0 unspecified atom stereocenters. The first kappa shape index (κ1) is 16.5. The Labute approximate surface area is 132 Å². The second-order valence-corrected chi connectivity index (χ2v) is 4.40. The molecule has 8 heteroatoms. The van der Waals surface area contributed by atoms with E-state index in [0.29, 0.717) is 18.1 Å². The molecule has 1 aromatic carbocycles. The summed E-state index contributed by atoms with van der Waals surface area (Å²) in [6.07, 6.45) is 1.22. The lowest BCUT2D eigenvalue weighted by Crippen LogP contribution is -2.22. The fourth-order valence-electron chi connectivity index (χ4n) is 1.93. The van der Waals surface area contributed by atoms with Gasteiger partial charge in [0, 0.05) is 12.1 Å². The second kappa shape index (κ2) is 7.39. The van der Waals surface area contributed by atoms with Gasteiger partial charge in [0.15, 0.2) is 11.5 Å². The van der Waals surface area contributed by atoms with Gasteiger partial charge in [-0.25, -0.2) is 4.79 Å². The molecule has 1 heterocycles. The summed E-state index contributed by atoms with van der Waals surface area (Å²) in [5.74, 6) is -0.479. The number of nitrogens with one attached hydrogen (secondary N) is 1. The molecule has 0 saturated carbocycles. The van der Waals surface area contributed by atoms with Gasteiger partial charge in [-0.15, -0.1) is 0 Å². The molecule has 0 atom stereocenters. The molecular formula is C15H17NO7. The van der Waals surface area contributed by atoms with Crippen LogP contribution in [0.3, 0.4) is 0 Å². The van der Waals surface area contributed by atoms with Crippen LogP contribution in [0.15, 0.2) is 24.2 Å². The van der Waals surface area contributed by atoms with E-state index in [2.05, 4.69) is 5.32 Å². The van der Waals surface area contributed by atoms with E-state index in [1.54, 1.807) is 0 Å². The minimum Gasteiger partial charge on any atom is -0.494 e. The number of carbonyl (C=O) groups is 2. The van der Waals surface area contributed by atoms with Crippen LogP contribution in [0.1, 0.15) is 10.4 Å². The summed E-state index contributed by atoms with van der Waals surface area (Å²) in [6.45, 7) is 0.648. The Hall–Kier alpha value is -2.90. The molecule has 0 radical (unpaired) electrons. The molecule has 2 rings (SSSR count). The fourth-order valence-corrected chi connectivity index (χ4v) is 1.93. The zero-order chi connectivity index (χ0) is 16.8. The highest BCUT2D eigenvalue weighted by Gasteiger charge is 2.22. The van der Waals surface area contributed by atoms with Crippen LogP contribution < -0.4 is 14.8 Å². The van der Waals surface area contributed by atoms with Crippen molar-refractivity contribution in [1.82, 2.24) is 0 Å². The van der Waals surface area contributed by atoms with Gasteiger partial charge in [0.05, 0.1) is 32.6 Å². The Morgan fingerprint density at radius 3 is 2.35 bits per heavy atom. The Kier molecular flexibility index (Phi) is 5.29. The summed E-state index contributed by atoms with van der Waals surface area (Å²) in [6, 6.07) is 2.89. The normalized spacial score (nSPS) is 13.1. The summed E-state index contributed by atoms with van der Waals surface area (Å²) >= 11 is 0. The van der Waals surface area contributed by atoms with Crippen molar-refractivity contribution in [2.45, 2.75) is 0 Å². The van der Waals surface area contributed by atoms with Gasteiger partial charge in [0.1, 0.15) is 19.5 Å². The van der Waals surface area contributed by atoms with E-state index in [1.165, 1.54) is 39.7 Å². The van der Waals surface area contributed by atoms with E-state index in [9.17, 15) is 9.59 Å². The van der Waals surface area contributed by atoms with Crippen LogP contribution >= 0.6 is 0 Å². The third-order valence-electron chi connectivity index (χ3n) is 3.05. The van der Waals surface area contributed by atoms with Gasteiger partial charge >= 0.3 is 5.97 Å². The SMILES string of the molecule is COC(=O)c1cc(OC)c(OC)cc1NC(=O)C1=COCCO1. The van der Waals surface area contributed by atoms with Crippen molar-refractivity contribution >= 4 is 17.6 Å². The molecule has 8 nitrogen and oxygen atoms in total. The van der Waals surface area contributed by atoms with E-state index in [1.807, 2.05) is 0 Å². The van der Waals surface area contributed by atoms with Crippen LogP contribution in [0, 0.1) is 0 Å². The zero-order valence-electron chi connectivity index (χ0n) is 13.0. The summed E-state index contributed by atoms with van der Waals surface area (Å²) in [5.41, 5.74) is 0.324. The van der Waals surface area contributed by atoms with Gasteiger partial charge in [0.2, 0.25) is 5.76 Å². The molecule has 0 aliphatic carbocycles. The standard InChI is InChI=1S/C15H17NO7/c1-19-11-6-9(15(18)21-3)10(7-12(11)20-2)16-14(17)13-8-22-4-5-23-13/h6-8H,4-5H2,1-3H3,(H,16,17). The number of hydrogen-bond donors (Lipinski definition) is 1. The van der Waals surface area contributed by atoms with Crippen molar-refractivity contribution in [3.63, 3.8) is 0 Å². The maximum absolute atomic E-state index is 12.2. The molecule has 0 spiro atoms. The number of hydrogen-bond acceptors (Lipinski definition) is 7. The quantitative estimate of drug-likeness (QED) is 0.817. The average Bonchev–Trinajstić information content (AvgIpc) is 2.61. The van der Waals surface area contributed by atoms with Crippen molar-refractivity contribution < 1.29 is 33.3 Å². The van der Waals surface area contributed by atoms with E-state index < -0.39 is 11.9 Å². The molecule has 1 aromatic rings. The van der Waals surface area contributed by atoms with Gasteiger partial charge in [-0.1, -0.05) is 0 Å². The maximum atomic E-state index is 12.2. The lowest BCUT2D eigenvalue weighted by Gasteiger charge is -2.17. The smallest absolute Gasteiger partial charge is 0.340 e. The first-order valence-electron chi connectivity index (χ1n) is 6.71. The van der Waals surface area contributed by atoms with Gasteiger partial charge < -0.3 is 29.0 Å². The van der Waals surface area contributed by atoms with Gasteiger partial charge in [-0.2, -0.15) is 0 Å². The summed E-state index contributed by atoms with van der Waals surface area (Å²) in [5, 5.41) is 2.57. The van der Waals surface area contributed by atoms with Crippen molar-refractivity contribution in [3.05, 3.63) is 29.7 Å². The number of carbonyl (C=O) groups excluding carboxylic acids is 2. The van der Waals surface area contributed by atoms with Crippen LogP contribution in [0.5, 0.6) is 11.5 Å². The molecular weight excluding hydrogens is 306 g/mol. The highest BCUT2D eigenvalue weighted by Crippen LogP contribution is 2.34. The molecule has 1 aliphatic rings. The third kappa shape index (κ3) is 3.65. The van der Waals surface area contributed by atoms with E-state index >= 15 is 0 Å². The van der Waals surface area contributed by atoms with Crippen LogP contribution in [0.25, 0.3) is 0 Å². The van der Waals surface area contributed by atoms with Crippen molar-refractivity contribution in [2.75, 3.05) is 39.9 Å². The molecule has 0 bridgehead atoms. The Morgan fingerprint density at radius 2 is 1.78 bits per heavy atom. The number of ether oxygens (including phenoxy) is 5. The molecule has 23 heavy (non-hydrogen) atoms. The highest BCUT2D eigenvalue weighted by atomic mass is 16.6. The first-order chi connectivity index (χ1) is 11.1. The van der Waals surface area contributed by atoms with E-state index in [4.69, 9.17) is 23.7 Å². The van der Waals surface area contributed by atoms with Crippen molar-refractivity contribution in [2.24, 2.45) is 0 Å². The number of methoxy groups -OCH3 is 3. The molecule has 1 N–H and O–H groups in total. The Bertz CT molecular complexity index is 639. The van der Waals surface area contributed by atoms with Crippen LogP contribution in [-0.2, 0) is 19.0 Å². The van der Waals surface area contributed by atoms with Crippen LogP contribution in [0.2, 0.25) is 0 Å². The number of amides is 1. The van der Waals surface area contributed by atoms with Gasteiger partial charge in [-0.05, 0) is 0 Å². The Balaban J connectivity index is 2.36. The number of rotatable bonds is 5. The Morgan fingerprint density at radius 1 is 1.09 bits per heavy atom. The largest absolute Gasteiger partial charge is 0.494 e. The second-order valence-electron chi connectivity index (χ2n) is 4.40. The first-order valence-corrected chi connectivity index (χ1v) is 6.71. The highest BCUT2D eigenvalue weighted by molar-refractivity contribution is 6.07. The molecule has 0 fully saturated rings. The maximum Gasteiger partial charge on any atom is 0.340 e. The number of esters is 1. The molecule has 1 aliphatic heterocycles. The number of anilines is 1. The minimum absolute atomic E-state index is 0.0156. The van der Waals surface area contributed by atoms with Gasteiger partial charge in [0.25, 0.3) is 5.91 Å². The lowest BCUT2D eigenvalue weighted by atomic mass is 10.1. The van der Waals surface area contributed by atoms with Crippen molar-refractivity contribution in [1.29, 1.82) is 0 Å². The zero-order valence-corrected chi connectivity index (χ0v) is 13.0. The molecule has 0 saturated heterocycles. The summed E-state index contributed by atoms with van der Waals surface area (Å²) in [7, 11) is 4.13. The lowest BCUT2D eigenvalue weighted by molar-refractivity contribution is -0.117. The molecule has 1 amide bonds. The van der Waals surface area contributed by atoms with Crippen LogP contribution in [0.4, 0.5) is 5.69 Å². The molecule has 0 aromatic heterocycles. The van der Waals surface area contributed by atoms with Crippen molar-refractivity contribution in [3.8, 4) is 11.5 Å². The predicted molar refractivity (Wildman–Crippen MR) is 79.5 cm³/mol. The molecule has 124 valence electrons. The van der Waals surface area contributed by atoms with Crippen LogP contribution in [-0.4, -0.2) is 46.4 Å². The van der Waals surface area contributed by atoms with E-state index in [0.717, 1.165) is 0 Å². The average molecular weight is 323 g/mol. The number of benzene rings is 1. The summed E-state index contributed by atoms with van der Waals surface area (Å²) in [4.78, 5) is 24.1. The van der Waals surface area contributed by atoms with Gasteiger partial charge in [-0.3, -0.25) is 4.79 Å². The van der Waals surface area contributed by atoms with E-state index in [-0.39, 0.29) is 23.6 Å². The predicted octanol–water partition coefficient (Wildman–Crippen LogP) is 1.32. The minimum atomic E-state index is -0.629. The third-order valence-corrected chi connectivity index (χ3v) is 3.05. The topological polar surface area (TPSA) is 92.3 Å².